The van der Waals surface area contributed by atoms with Gasteiger partial charge in [0.05, 0.1) is 0 Å². The number of unbranched alkanes of at least 4 members (excludes halogenated alkanes) is 3. The third-order valence-corrected chi connectivity index (χ3v) is 2.24. The fourth-order valence-corrected chi connectivity index (χ4v) is 1.16. The van der Waals surface area contributed by atoms with Crippen LogP contribution in [0.3, 0.4) is 0 Å². The number of ether oxygens (including phenoxy) is 1. The highest BCUT2D eigenvalue weighted by Crippen LogP contribution is 1.94. The van der Waals surface area contributed by atoms with E-state index in [0.29, 0.717) is 0 Å². The molecule has 0 aromatic heterocycles. The summed E-state index contributed by atoms with van der Waals surface area (Å²) >= 11 is 0. The smallest absolute Gasteiger partial charge is 0.101 e. The zero-order valence-electron chi connectivity index (χ0n) is 11.5. The maximum atomic E-state index is 5.38. The summed E-state index contributed by atoms with van der Waals surface area (Å²) in [5.74, 6) is 0. The van der Waals surface area contributed by atoms with Gasteiger partial charge in [0.1, 0.15) is 15.7 Å². The predicted molar refractivity (Wildman–Crippen MR) is 76.6 cm³/mol. The Kier molecular flexibility index (Phi) is 22.9. The van der Waals surface area contributed by atoms with Gasteiger partial charge in [0.15, 0.2) is 0 Å². The molecule has 0 amide bonds. The lowest BCUT2D eigenvalue weighted by molar-refractivity contribution is 0.128. The van der Waals surface area contributed by atoms with E-state index in [1.54, 1.807) is 0 Å². The first-order valence-corrected chi connectivity index (χ1v) is 6.91. The minimum absolute atomic E-state index is 0.959. The molecule has 0 saturated heterocycles. The van der Waals surface area contributed by atoms with Crippen molar-refractivity contribution < 1.29 is 4.74 Å². The van der Waals surface area contributed by atoms with Crippen LogP contribution in [0.4, 0.5) is 0 Å². The lowest BCUT2D eigenvalue weighted by atomic mass is 10.0. The van der Waals surface area contributed by atoms with Gasteiger partial charge in [0, 0.05) is 13.2 Å². The number of hydrogen-bond donors (Lipinski definition) is 0. The van der Waals surface area contributed by atoms with Crippen LogP contribution >= 0.6 is 0 Å². The van der Waals surface area contributed by atoms with Gasteiger partial charge in [0.2, 0.25) is 0 Å². The normalized spacial score (nSPS) is 9.47. The van der Waals surface area contributed by atoms with Gasteiger partial charge in [0.25, 0.3) is 0 Å². The first-order valence-electron chi connectivity index (χ1n) is 6.91. The molecule has 0 heterocycles. The second-order valence-corrected chi connectivity index (χ2v) is 4.03. The SMILES string of the molecule is BCCCC.BCCCCOCCCC. The molecule has 0 aliphatic heterocycles. The molecule has 0 aromatic rings. The molecule has 0 atom stereocenters. The molecule has 0 radical (unpaired) electrons. The summed E-state index contributed by atoms with van der Waals surface area (Å²) in [5, 5.41) is 0. The summed E-state index contributed by atoms with van der Waals surface area (Å²) in [4.78, 5) is 0. The Morgan fingerprint density at radius 2 is 1.27 bits per heavy atom. The molecule has 0 aliphatic carbocycles. The molecule has 15 heavy (non-hydrogen) atoms. The third-order valence-electron chi connectivity index (χ3n) is 2.24. The van der Waals surface area contributed by atoms with Crippen LogP contribution in [0, 0.1) is 0 Å². The van der Waals surface area contributed by atoms with Crippen LogP contribution in [0.15, 0.2) is 0 Å². The van der Waals surface area contributed by atoms with E-state index in [-0.39, 0.29) is 0 Å². The van der Waals surface area contributed by atoms with Gasteiger partial charge in [-0.1, -0.05) is 52.2 Å². The van der Waals surface area contributed by atoms with E-state index in [0.717, 1.165) is 13.2 Å². The van der Waals surface area contributed by atoms with Crippen molar-refractivity contribution in [1.29, 1.82) is 0 Å². The predicted octanol–water partition coefficient (Wildman–Crippen LogP) is 2.47. The van der Waals surface area contributed by atoms with Crippen molar-refractivity contribution in [2.75, 3.05) is 13.2 Å². The summed E-state index contributed by atoms with van der Waals surface area (Å²) in [5.41, 5.74) is 0. The molecule has 0 aliphatic rings. The summed E-state index contributed by atoms with van der Waals surface area (Å²) in [6, 6.07) is 0. The van der Waals surface area contributed by atoms with Gasteiger partial charge in [-0.15, -0.1) is 0 Å². The van der Waals surface area contributed by atoms with E-state index in [1.165, 1.54) is 51.2 Å². The standard InChI is InChI=1S/C8H19BO.C4H11B/c1-2-3-7-10-8-5-4-6-9;1-2-3-4-5/h2-9H2,1H3;2-5H2,1H3. The van der Waals surface area contributed by atoms with Crippen LogP contribution in [-0.2, 0) is 4.74 Å². The van der Waals surface area contributed by atoms with Gasteiger partial charge in [-0.25, -0.2) is 0 Å². The molecule has 0 spiro atoms. The summed E-state index contributed by atoms with van der Waals surface area (Å²) in [7, 11) is 4.43. The lowest BCUT2D eigenvalue weighted by Gasteiger charge is -2.00. The minimum atomic E-state index is 0.959. The van der Waals surface area contributed by atoms with Gasteiger partial charge in [-0.05, 0) is 12.8 Å². The van der Waals surface area contributed by atoms with Crippen molar-refractivity contribution >= 4 is 15.7 Å². The Bertz CT molecular complexity index is 79.7. The maximum absolute atomic E-state index is 5.38. The number of hydrogen-bond acceptors (Lipinski definition) is 1. The van der Waals surface area contributed by atoms with E-state index in [2.05, 4.69) is 29.5 Å². The first-order chi connectivity index (χ1) is 7.33. The molecule has 3 heteroatoms. The van der Waals surface area contributed by atoms with E-state index < -0.39 is 0 Å². The minimum Gasteiger partial charge on any atom is -0.381 e. The lowest BCUT2D eigenvalue weighted by Crippen LogP contribution is -1.95. The molecule has 1 nitrogen and oxygen atoms in total. The Balaban J connectivity index is 0. The van der Waals surface area contributed by atoms with Crippen molar-refractivity contribution in [3.63, 3.8) is 0 Å². The van der Waals surface area contributed by atoms with Crippen molar-refractivity contribution in [1.82, 2.24) is 0 Å². The highest BCUT2D eigenvalue weighted by molar-refractivity contribution is 6.08. The molecule has 0 fully saturated rings. The van der Waals surface area contributed by atoms with E-state index in [1.807, 2.05) is 0 Å². The van der Waals surface area contributed by atoms with Crippen LogP contribution in [0.2, 0.25) is 12.6 Å². The third kappa shape index (κ3) is 24.9. The molecule has 0 aromatic carbocycles. The maximum Gasteiger partial charge on any atom is 0.101 e. The molecule has 0 unspecified atom stereocenters. The zero-order chi connectivity index (χ0) is 11.8. The summed E-state index contributed by atoms with van der Waals surface area (Å²) in [6.45, 7) is 6.33. The fourth-order valence-electron chi connectivity index (χ4n) is 1.16. The molecule has 0 rings (SSSR count). The zero-order valence-corrected chi connectivity index (χ0v) is 11.5. The first kappa shape index (κ1) is 17.5. The van der Waals surface area contributed by atoms with Crippen LogP contribution in [0.1, 0.15) is 52.4 Å². The number of rotatable bonds is 9. The van der Waals surface area contributed by atoms with Crippen LogP contribution < -0.4 is 0 Å². The highest BCUT2D eigenvalue weighted by Gasteiger charge is 1.86. The molecule has 0 N–H and O–H groups in total. The van der Waals surface area contributed by atoms with Crippen molar-refractivity contribution in [3.8, 4) is 0 Å². The van der Waals surface area contributed by atoms with E-state index in [4.69, 9.17) is 4.74 Å². The van der Waals surface area contributed by atoms with Crippen LogP contribution in [0.5, 0.6) is 0 Å². The van der Waals surface area contributed by atoms with Gasteiger partial charge in [-0.2, -0.15) is 0 Å². The van der Waals surface area contributed by atoms with Gasteiger partial charge < -0.3 is 4.74 Å². The Morgan fingerprint density at radius 3 is 1.67 bits per heavy atom. The topological polar surface area (TPSA) is 9.23 Å². The van der Waals surface area contributed by atoms with E-state index in [9.17, 15) is 0 Å². The van der Waals surface area contributed by atoms with Crippen molar-refractivity contribution in [2.45, 2.75) is 65.0 Å². The fraction of sp³-hybridized carbons (Fsp3) is 1.00. The summed E-state index contributed by atoms with van der Waals surface area (Å²) < 4.78 is 5.38. The highest BCUT2D eigenvalue weighted by atomic mass is 16.5. The Morgan fingerprint density at radius 1 is 0.733 bits per heavy atom. The quantitative estimate of drug-likeness (QED) is 0.421. The van der Waals surface area contributed by atoms with Gasteiger partial charge in [-0.3, -0.25) is 0 Å². The van der Waals surface area contributed by atoms with E-state index >= 15 is 0 Å². The van der Waals surface area contributed by atoms with Gasteiger partial charge >= 0.3 is 0 Å². The second-order valence-electron chi connectivity index (χ2n) is 4.03. The van der Waals surface area contributed by atoms with Crippen LogP contribution in [0.25, 0.3) is 0 Å². The summed E-state index contributed by atoms with van der Waals surface area (Å²) in [6.07, 6.45) is 10.4. The Labute approximate surface area is 99.2 Å². The molecular formula is C12H30B2O. The van der Waals surface area contributed by atoms with Crippen molar-refractivity contribution in [2.24, 2.45) is 0 Å². The molecule has 90 valence electrons. The average Bonchev–Trinajstić information content (AvgIpc) is 2.25. The monoisotopic (exact) mass is 212 g/mol. The second kappa shape index (κ2) is 19.6. The van der Waals surface area contributed by atoms with Crippen molar-refractivity contribution in [3.05, 3.63) is 0 Å². The molecule has 0 saturated carbocycles. The molecular weight excluding hydrogens is 182 g/mol. The van der Waals surface area contributed by atoms with Crippen LogP contribution in [-0.4, -0.2) is 28.9 Å². The molecule has 0 bridgehead atoms. The average molecular weight is 212 g/mol. The largest absolute Gasteiger partial charge is 0.381 e. The Hall–Kier alpha value is 0.0899.